The molecule has 4 heterocycles. The molecule has 23 heavy (non-hydrogen) atoms. The molecule has 1 N–H and O–H groups in total. The van der Waals surface area contributed by atoms with Crippen LogP contribution in [0.3, 0.4) is 0 Å². The van der Waals surface area contributed by atoms with Crippen molar-refractivity contribution in [2.75, 3.05) is 0 Å². The Morgan fingerprint density at radius 2 is 1.57 bits per heavy atom. The fourth-order valence-corrected chi connectivity index (χ4v) is 2.02. The van der Waals surface area contributed by atoms with Crippen molar-refractivity contribution in [1.82, 2.24) is 29.9 Å². The predicted molar refractivity (Wildman–Crippen MR) is 85.6 cm³/mol. The number of nitrogens with one attached hydrogen (secondary N) is 1. The zero-order valence-electron chi connectivity index (χ0n) is 11.8. The highest BCUT2D eigenvalue weighted by Crippen LogP contribution is 2.18. The molecule has 0 aromatic carbocycles. The van der Waals surface area contributed by atoms with Crippen LogP contribution < -0.4 is 9.98 Å². The zero-order chi connectivity index (χ0) is 15.5. The van der Waals surface area contributed by atoms with Gasteiger partial charge in [0.1, 0.15) is 0 Å². The Morgan fingerprint density at radius 3 is 2.26 bits per heavy atom. The Morgan fingerprint density at radius 1 is 0.870 bits per heavy atom. The molecule has 1 unspecified atom stereocenters. The van der Waals surface area contributed by atoms with Crippen LogP contribution in [0.4, 0.5) is 0 Å². The minimum atomic E-state index is -0.607. The van der Waals surface area contributed by atoms with Gasteiger partial charge in [0.05, 0.1) is 0 Å². The summed E-state index contributed by atoms with van der Waals surface area (Å²) in [5, 5.41) is 3.07. The second-order valence-corrected chi connectivity index (χ2v) is 4.51. The first-order valence-corrected chi connectivity index (χ1v) is 6.81. The average molecular weight is 304 g/mol. The summed E-state index contributed by atoms with van der Waals surface area (Å²) >= 11 is 0. The molecular formula is C14H10N9+. The molecule has 2 aromatic heterocycles. The molecule has 0 bridgehead atoms. The summed E-state index contributed by atoms with van der Waals surface area (Å²) in [7, 11) is 0. The third-order valence-corrected chi connectivity index (χ3v) is 3.01. The van der Waals surface area contributed by atoms with E-state index >= 15 is 0 Å². The number of hydrogen-bond donors (Lipinski definition) is 1. The number of hydrogen-bond acceptors (Lipinski definition) is 8. The highest BCUT2D eigenvalue weighted by Gasteiger charge is 2.30. The zero-order valence-corrected chi connectivity index (χ0v) is 11.8. The van der Waals surface area contributed by atoms with E-state index < -0.39 is 6.17 Å². The van der Waals surface area contributed by atoms with Crippen LogP contribution in [0.25, 0.3) is 0 Å². The van der Waals surface area contributed by atoms with Gasteiger partial charge in [-0.3, -0.25) is 0 Å². The van der Waals surface area contributed by atoms with Gasteiger partial charge in [-0.2, -0.15) is 4.67 Å². The lowest BCUT2D eigenvalue weighted by Crippen LogP contribution is -2.41. The third kappa shape index (κ3) is 2.63. The van der Waals surface area contributed by atoms with E-state index in [1.165, 1.54) is 0 Å². The topological polar surface area (TPSA) is 115 Å². The minimum absolute atomic E-state index is 0.451. The lowest BCUT2D eigenvalue weighted by molar-refractivity contribution is 0.694. The summed E-state index contributed by atoms with van der Waals surface area (Å²) < 4.78 is 4.16. The van der Waals surface area contributed by atoms with Crippen LogP contribution in [0, 0.1) is 0 Å². The fourth-order valence-electron chi connectivity index (χ4n) is 2.02. The highest BCUT2D eigenvalue weighted by molar-refractivity contribution is 6.48. The van der Waals surface area contributed by atoms with Gasteiger partial charge in [0.25, 0.3) is 0 Å². The first-order chi connectivity index (χ1) is 11.4. The third-order valence-electron chi connectivity index (χ3n) is 3.01. The maximum absolute atomic E-state index is 4.49. The molecule has 0 saturated carbocycles. The van der Waals surface area contributed by atoms with E-state index in [1.807, 2.05) is 0 Å². The van der Waals surface area contributed by atoms with Crippen molar-refractivity contribution in [3.05, 3.63) is 48.6 Å². The molecule has 2 aliphatic heterocycles. The number of aliphatic imine (C=N–C) groups is 3. The maximum Gasteiger partial charge on any atom is 0.457 e. The number of amidine groups is 3. The SMILES string of the molecule is C1=NC(C2=NC(c3ncccn3)N=C(c3ncccn3)N2)=[N+]=C1. The molecule has 2 aromatic rings. The lowest BCUT2D eigenvalue weighted by Gasteiger charge is -2.16. The van der Waals surface area contributed by atoms with Crippen molar-refractivity contribution in [3.63, 3.8) is 0 Å². The average Bonchev–Trinajstić information content (AvgIpc) is 3.18. The number of rotatable bonds is 3. The lowest BCUT2D eigenvalue weighted by atomic mass is 10.3. The van der Waals surface area contributed by atoms with Crippen molar-refractivity contribution >= 4 is 29.9 Å². The Hall–Kier alpha value is -3.58. The normalized spacial score (nSPS) is 19.0. The first kappa shape index (κ1) is 13.1. The summed E-state index contributed by atoms with van der Waals surface area (Å²) in [6.07, 6.45) is 9.16. The van der Waals surface area contributed by atoms with E-state index in [0.717, 1.165) is 0 Å². The monoisotopic (exact) mass is 304 g/mol. The maximum atomic E-state index is 4.49. The van der Waals surface area contributed by atoms with Crippen LogP contribution in [0.2, 0.25) is 0 Å². The molecule has 0 saturated heterocycles. The molecule has 4 rings (SSSR count). The molecule has 0 amide bonds. The van der Waals surface area contributed by atoms with Crippen LogP contribution in [0.15, 0.2) is 51.9 Å². The summed E-state index contributed by atoms with van der Waals surface area (Å²) in [5.41, 5.74) is 0. The molecule has 2 aliphatic rings. The molecular weight excluding hydrogens is 294 g/mol. The molecule has 1 atom stereocenters. The van der Waals surface area contributed by atoms with Crippen LogP contribution in [-0.4, -0.2) is 49.9 Å². The van der Waals surface area contributed by atoms with Gasteiger partial charge in [-0.1, -0.05) is 0 Å². The van der Waals surface area contributed by atoms with Gasteiger partial charge in [-0.25, -0.2) is 29.9 Å². The molecule has 0 fully saturated rings. The highest BCUT2D eigenvalue weighted by atomic mass is 15.2. The Labute approximate surface area is 130 Å². The molecule has 110 valence electrons. The van der Waals surface area contributed by atoms with Gasteiger partial charge < -0.3 is 5.32 Å². The van der Waals surface area contributed by atoms with E-state index in [1.54, 1.807) is 49.3 Å². The van der Waals surface area contributed by atoms with Crippen molar-refractivity contribution < 1.29 is 0 Å². The summed E-state index contributed by atoms with van der Waals surface area (Å²) in [5.74, 6) is 2.34. The van der Waals surface area contributed by atoms with Gasteiger partial charge in [0.2, 0.25) is 18.2 Å². The molecule has 0 aliphatic carbocycles. The van der Waals surface area contributed by atoms with Crippen LogP contribution in [0.5, 0.6) is 0 Å². The predicted octanol–water partition coefficient (Wildman–Crippen LogP) is -0.665. The van der Waals surface area contributed by atoms with E-state index in [0.29, 0.717) is 29.2 Å². The second-order valence-electron chi connectivity index (χ2n) is 4.51. The molecule has 0 spiro atoms. The van der Waals surface area contributed by atoms with Gasteiger partial charge in [0.15, 0.2) is 23.7 Å². The van der Waals surface area contributed by atoms with Crippen molar-refractivity contribution in [2.24, 2.45) is 15.0 Å². The summed E-state index contributed by atoms with van der Waals surface area (Å²) in [6.45, 7) is 0. The Bertz CT molecular complexity index is 877. The summed E-state index contributed by atoms with van der Waals surface area (Å²) in [6, 6.07) is 3.47. The second kappa shape index (κ2) is 5.66. The first-order valence-electron chi connectivity index (χ1n) is 6.81. The van der Waals surface area contributed by atoms with E-state index in [9.17, 15) is 0 Å². The quantitative estimate of drug-likeness (QED) is 0.755. The molecule has 0 radical (unpaired) electrons. The fraction of sp³-hybridized carbons (Fsp3) is 0.0714. The van der Waals surface area contributed by atoms with E-state index in [-0.39, 0.29) is 0 Å². The van der Waals surface area contributed by atoms with Gasteiger partial charge in [-0.05, 0) is 17.1 Å². The smallest absolute Gasteiger partial charge is 0.314 e. The number of nitrogens with zero attached hydrogens (tertiary/aromatic N) is 8. The van der Waals surface area contributed by atoms with Crippen molar-refractivity contribution in [2.45, 2.75) is 6.17 Å². The van der Waals surface area contributed by atoms with Gasteiger partial charge in [0, 0.05) is 24.8 Å². The standard InChI is InChI=1S/C14H10N9/c1-3-15-9(16-4-1)12-21-13(10-17-5-2-6-18-10)23-14(22-12)11-19-7-8-20-11/h1-8,12H,(H,21,22,23)/q+1. The van der Waals surface area contributed by atoms with Gasteiger partial charge in [-0.15, -0.1) is 0 Å². The Kier molecular flexibility index (Phi) is 3.23. The van der Waals surface area contributed by atoms with Crippen molar-refractivity contribution in [3.8, 4) is 0 Å². The van der Waals surface area contributed by atoms with Crippen LogP contribution in [-0.2, 0) is 0 Å². The van der Waals surface area contributed by atoms with Crippen LogP contribution in [0.1, 0.15) is 17.8 Å². The van der Waals surface area contributed by atoms with Crippen LogP contribution >= 0.6 is 0 Å². The summed E-state index contributed by atoms with van der Waals surface area (Å²) in [4.78, 5) is 30.0. The van der Waals surface area contributed by atoms with Gasteiger partial charge >= 0.3 is 5.84 Å². The molecule has 9 heteroatoms. The van der Waals surface area contributed by atoms with Crippen molar-refractivity contribution in [1.29, 1.82) is 0 Å². The largest absolute Gasteiger partial charge is 0.457 e. The minimum Gasteiger partial charge on any atom is -0.314 e. The van der Waals surface area contributed by atoms with E-state index in [4.69, 9.17) is 0 Å². The Balaban J connectivity index is 1.77. The molecule has 9 nitrogen and oxygen atoms in total. The number of aromatic nitrogens is 4. The van der Waals surface area contributed by atoms with E-state index in [2.05, 4.69) is 44.9 Å².